The van der Waals surface area contributed by atoms with Crippen molar-refractivity contribution >= 4 is 29.2 Å². The Kier molecular flexibility index (Phi) is 7.56. The van der Waals surface area contributed by atoms with Crippen molar-refractivity contribution in [1.29, 1.82) is 5.26 Å². The van der Waals surface area contributed by atoms with Gasteiger partial charge in [-0.3, -0.25) is 14.9 Å². The number of ketones is 1. The van der Waals surface area contributed by atoms with Crippen LogP contribution in [0, 0.1) is 17.1 Å². The fourth-order valence-corrected chi connectivity index (χ4v) is 3.14. The van der Waals surface area contributed by atoms with Gasteiger partial charge in [0.2, 0.25) is 5.91 Å². The second kappa shape index (κ2) is 10.6. The Bertz CT molecular complexity index is 1330. The minimum atomic E-state index is -0.750. The molecule has 0 aliphatic rings. The van der Waals surface area contributed by atoms with Gasteiger partial charge in [0.05, 0.1) is 17.8 Å². The summed E-state index contributed by atoms with van der Waals surface area (Å²) < 4.78 is 19.6. The van der Waals surface area contributed by atoms with Crippen LogP contribution in [-0.4, -0.2) is 28.4 Å². The third-order valence-corrected chi connectivity index (χ3v) is 4.63. The number of nitrogens with one attached hydrogen (secondary N) is 2. The van der Waals surface area contributed by atoms with E-state index in [0.717, 1.165) is 0 Å². The lowest BCUT2D eigenvalue weighted by atomic mass is 10.0. The molecule has 35 heavy (non-hydrogen) atoms. The Balaban J connectivity index is 1.87. The SMILES string of the molecule is CC(C)(C)OC(=O)Nc1ccc(-c2ccccc2F)cc1NC(=O)CC(=O)c1ccnc(C#N)c1. The molecule has 2 N–H and O–H groups in total. The minimum absolute atomic E-state index is 0.0534. The number of nitrogens with zero attached hydrogens (tertiary/aromatic N) is 2. The number of aromatic nitrogens is 1. The van der Waals surface area contributed by atoms with Crippen molar-refractivity contribution in [1.82, 2.24) is 4.98 Å². The number of anilines is 2. The summed E-state index contributed by atoms with van der Waals surface area (Å²) >= 11 is 0. The first-order chi connectivity index (χ1) is 16.6. The topological polar surface area (TPSA) is 121 Å². The molecule has 0 fully saturated rings. The van der Waals surface area contributed by atoms with Gasteiger partial charge in [-0.1, -0.05) is 24.3 Å². The van der Waals surface area contributed by atoms with Crippen LogP contribution in [0.25, 0.3) is 11.1 Å². The molecule has 1 aromatic heterocycles. The maximum absolute atomic E-state index is 14.3. The highest BCUT2D eigenvalue weighted by Gasteiger charge is 2.20. The Labute approximate surface area is 201 Å². The van der Waals surface area contributed by atoms with Crippen molar-refractivity contribution in [2.24, 2.45) is 0 Å². The maximum atomic E-state index is 14.3. The lowest BCUT2D eigenvalue weighted by Gasteiger charge is -2.21. The molecule has 8 nitrogen and oxygen atoms in total. The summed E-state index contributed by atoms with van der Waals surface area (Å²) in [6, 6.07) is 15.2. The van der Waals surface area contributed by atoms with E-state index in [9.17, 15) is 18.8 Å². The van der Waals surface area contributed by atoms with Crippen LogP contribution in [0.5, 0.6) is 0 Å². The zero-order chi connectivity index (χ0) is 25.6. The molecule has 9 heteroatoms. The molecule has 0 aliphatic carbocycles. The molecule has 0 aliphatic heterocycles. The van der Waals surface area contributed by atoms with Gasteiger partial charge in [-0.15, -0.1) is 0 Å². The number of benzene rings is 2. The molecule has 2 aromatic carbocycles. The second-order valence-electron chi connectivity index (χ2n) is 8.56. The van der Waals surface area contributed by atoms with Crippen molar-refractivity contribution in [3.05, 3.63) is 77.9 Å². The van der Waals surface area contributed by atoms with E-state index in [1.165, 1.54) is 36.5 Å². The Morgan fingerprint density at radius 2 is 1.77 bits per heavy atom. The van der Waals surface area contributed by atoms with Crippen molar-refractivity contribution in [2.75, 3.05) is 10.6 Å². The standard InChI is InChI=1S/C26H23FN4O4/c1-26(2,3)35-25(34)31-21-9-8-16(19-6-4-5-7-20(19)27)13-22(21)30-24(33)14-23(32)17-10-11-29-18(12-17)15-28/h4-13H,14H2,1-3H3,(H,30,33)(H,31,34). The van der Waals surface area contributed by atoms with E-state index in [0.29, 0.717) is 11.1 Å². The van der Waals surface area contributed by atoms with Gasteiger partial charge in [-0.25, -0.2) is 14.2 Å². The quantitative estimate of drug-likeness (QED) is 0.368. The summed E-state index contributed by atoms with van der Waals surface area (Å²) in [4.78, 5) is 41.3. The Hall–Kier alpha value is -4.58. The number of hydrogen-bond acceptors (Lipinski definition) is 6. The zero-order valence-electron chi connectivity index (χ0n) is 19.4. The molecule has 0 radical (unpaired) electrons. The second-order valence-corrected chi connectivity index (χ2v) is 8.56. The molecule has 178 valence electrons. The molecule has 0 bridgehead atoms. The first-order valence-electron chi connectivity index (χ1n) is 10.6. The van der Waals surface area contributed by atoms with Crippen molar-refractivity contribution in [3.63, 3.8) is 0 Å². The molecule has 3 aromatic rings. The smallest absolute Gasteiger partial charge is 0.412 e. The van der Waals surface area contributed by atoms with Crippen LogP contribution >= 0.6 is 0 Å². The first-order valence-corrected chi connectivity index (χ1v) is 10.6. The monoisotopic (exact) mass is 474 g/mol. The minimum Gasteiger partial charge on any atom is -0.444 e. The fraction of sp³-hybridized carbons (Fsp3) is 0.192. The lowest BCUT2D eigenvalue weighted by molar-refractivity contribution is -0.115. The molecular weight excluding hydrogens is 451 g/mol. The number of carbonyl (C=O) groups excluding carboxylic acids is 3. The van der Waals surface area contributed by atoms with E-state index < -0.39 is 35.6 Å². The van der Waals surface area contributed by atoms with Crippen molar-refractivity contribution < 1.29 is 23.5 Å². The van der Waals surface area contributed by atoms with Crippen molar-refractivity contribution in [3.8, 4) is 17.2 Å². The fourth-order valence-electron chi connectivity index (χ4n) is 3.14. The van der Waals surface area contributed by atoms with Crippen LogP contribution in [0.3, 0.4) is 0 Å². The number of nitriles is 1. The highest BCUT2D eigenvalue weighted by Crippen LogP contribution is 2.31. The molecule has 1 heterocycles. The molecular formula is C26H23FN4O4. The number of ether oxygens (including phenoxy) is 1. The van der Waals surface area contributed by atoms with Gasteiger partial charge < -0.3 is 10.1 Å². The van der Waals surface area contributed by atoms with E-state index in [1.54, 1.807) is 45.0 Å². The summed E-state index contributed by atoms with van der Waals surface area (Å²) in [5, 5.41) is 14.1. The molecule has 2 amide bonds. The van der Waals surface area contributed by atoms with Crippen LogP contribution < -0.4 is 10.6 Å². The van der Waals surface area contributed by atoms with Gasteiger partial charge in [-0.05, 0) is 56.7 Å². The predicted octanol–water partition coefficient (Wildman–Crippen LogP) is 5.32. The van der Waals surface area contributed by atoms with Crippen LogP contribution in [-0.2, 0) is 9.53 Å². The number of carbonyl (C=O) groups is 3. The first kappa shape index (κ1) is 25.1. The average molecular weight is 474 g/mol. The summed E-state index contributed by atoms with van der Waals surface area (Å²) in [6.45, 7) is 5.12. The Morgan fingerprint density at radius 1 is 1.03 bits per heavy atom. The third kappa shape index (κ3) is 6.95. The lowest BCUT2D eigenvalue weighted by Crippen LogP contribution is -2.27. The van der Waals surface area contributed by atoms with Gasteiger partial charge in [0.1, 0.15) is 23.2 Å². The highest BCUT2D eigenvalue weighted by molar-refractivity contribution is 6.12. The Morgan fingerprint density at radius 3 is 2.46 bits per heavy atom. The largest absolute Gasteiger partial charge is 0.444 e. The summed E-state index contributed by atoms with van der Waals surface area (Å²) in [5.41, 5.74) is 0.574. The molecule has 0 saturated carbocycles. The van der Waals surface area contributed by atoms with E-state index >= 15 is 0 Å². The van der Waals surface area contributed by atoms with E-state index in [-0.39, 0.29) is 22.6 Å². The van der Waals surface area contributed by atoms with Crippen molar-refractivity contribution in [2.45, 2.75) is 32.8 Å². The molecule has 0 spiro atoms. The molecule has 0 atom stereocenters. The van der Waals surface area contributed by atoms with Gasteiger partial charge in [0.25, 0.3) is 0 Å². The van der Waals surface area contributed by atoms with Gasteiger partial charge in [-0.2, -0.15) is 5.26 Å². The number of hydrogen-bond donors (Lipinski definition) is 2. The highest BCUT2D eigenvalue weighted by atomic mass is 19.1. The average Bonchev–Trinajstić information content (AvgIpc) is 2.79. The van der Waals surface area contributed by atoms with E-state index in [4.69, 9.17) is 10.00 Å². The molecule has 0 unspecified atom stereocenters. The number of Topliss-reactive ketones (excluding diaryl/α,β-unsaturated/α-hetero) is 1. The number of amides is 2. The zero-order valence-corrected chi connectivity index (χ0v) is 19.4. The van der Waals surface area contributed by atoms with Crippen LogP contribution in [0.15, 0.2) is 60.8 Å². The van der Waals surface area contributed by atoms with Gasteiger partial charge in [0, 0.05) is 17.3 Å². The summed E-state index contributed by atoms with van der Waals surface area (Å²) in [5.74, 6) is -1.64. The van der Waals surface area contributed by atoms with E-state index in [2.05, 4.69) is 15.6 Å². The third-order valence-electron chi connectivity index (χ3n) is 4.63. The summed E-state index contributed by atoms with van der Waals surface area (Å²) in [7, 11) is 0. The molecule has 0 saturated heterocycles. The summed E-state index contributed by atoms with van der Waals surface area (Å²) in [6.07, 6.45) is 0.0401. The van der Waals surface area contributed by atoms with E-state index in [1.807, 2.05) is 6.07 Å². The number of halogens is 1. The number of pyridine rings is 1. The predicted molar refractivity (Wildman–Crippen MR) is 128 cm³/mol. The normalized spacial score (nSPS) is 10.7. The van der Waals surface area contributed by atoms with Gasteiger partial charge >= 0.3 is 6.09 Å². The van der Waals surface area contributed by atoms with Crippen LogP contribution in [0.1, 0.15) is 43.2 Å². The van der Waals surface area contributed by atoms with Crippen LogP contribution in [0.2, 0.25) is 0 Å². The van der Waals surface area contributed by atoms with Gasteiger partial charge in [0.15, 0.2) is 5.78 Å². The van der Waals surface area contributed by atoms with Crippen LogP contribution in [0.4, 0.5) is 20.6 Å². The molecule has 3 rings (SSSR count). The number of rotatable bonds is 6. The maximum Gasteiger partial charge on any atom is 0.412 e.